The fraction of sp³-hybridized carbons (Fsp3) is 0.125. The van der Waals surface area contributed by atoms with Gasteiger partial charge in [0.25, 0.3) is 0 Å². The summed E-state index contributed by atoms with van der Waals surface area (Å²) in [4.78, 5) is 20.3. The number of aromatic nitrogens is 3. The molecule has 2 heterocycles. The van der Waals surface area contributed by atoms with Crippen molar-refractivity contribution in [2.45, 2.75) is 12.8 Å². The lowest BCUT2D eigenvalue weighted by molar-refractivity contribution is -0.116. The van der Waals surface area contributed by atoms with Crippen molar-refractivity contribution in [3.63, 3.8) is 0 Å². The van der Waals surface area contributed by atoms with E-state index in [-0.39, 0.29) is 12.3 Å². The molecule has 0 saturated heterocycles. The van der Waals surface area contributed by atoms with E-state index in [1.165, 1.54) is 0 Å². The van der Waals surface area contributed by atoms with E-state index in [1.807, 2.05) is 12.1 Å². The first-order chi connectivity index (χ1) is 11.6. The lowest BCUT2D eigenvalue weighted by Crippen LogP contribution is -2.13. The number of carbonyl (C=O) groups is 1. The first-order valence-electron chi connectivity index (χ1n) is 7.10. The summed E-state index contributed by atoms with van der Waals surface area (Å²) in [5.41, 5.74) is 0.804. The van der Waals surface area contributed by atoms with Crippen LogP contribution in [0.3, 0.4) is 0 Å². The number of anilines is 1. The molecule has 24 heavy (non-hydrogen) atoms. The summed E-state index contributed by atoms with van der Waals surface area (Å²) in [7, 11) is 0. The molecule has 0 bridgehead atoms. The molecule has 0 aliphatic rings. The van der Waals surface area contributed by atoms with Gasteiger partial charge in [-0.05, 0) is 52.3 Å². The molecule has 0 aliphatic carbocycles. The molecule has 2 aromatic heterocycles. The molecular formula is C16H12BrClN4O2. The summed E-state index contributed by atoms with van der Waals surface area (Å²) >= 11 is 9.14. The van der Waals surface area contributed by atoms with E-state index in [9.17, 15) is 4.79 Å². The van der Waals surface area contributed by atoms with Crippen molar-refractivity contribution in [3.8, 4) is 11.4 Å². The Labute approximate surface area is 151 Å². The van der Waals surface area contributed by atoms with Gasteiger partial charge < -0.3 is 9.84 Å². The van der Waals surface area contributed by atoms with E-state index < -0.39 is 0 Å². The molecule has 0 radical (unpaired) electrons. The average Bonchev–Trinajstić information content (AvgIpc) is 3.05. The molecule has 1 amide bonds. The van der Waals surface area contributed by atoms with Crippen LogP contribution in [-0.2, 0) is 11.2 Å². The summed E-state index contributed by atoms with van der Waals surface area (Å²) in [5, 5.41) is 7.26. The predicted molar refractivity (Wildman–Crippen MR) is 93.6 cm³/mol. The van der Waals surface area contributed by atoms with Crippen molar-refractivity contribution in [3.05, 3.63) is 58.0 Å². The number of hydrogen-bond donors (Lipinski definition) is 1. The number of pyridine rings is 1. The second-order valence-corrected chi connectivity index (χ2v) is 6.28. The topological polar surface area (TPSA) is 80.9 Å². The molecule has 0 aliphatic heterocycles. The van der Waals surface area contributed by atoms with Crippen LogP contribution in [0, 0.1) is 0 Å². The zero-order valence-corrected chi connectivity index (χ0v) is 14.7. The fourth-order valence-corrected chi connectivity index (χ4v) is 2.31. The molecule has 0 fully saturated rings. The number of hydrogen-bond acceptors (Lipinski definition) is 5. The Bertz CT molecular complexity index is 834. The van der Waals surface area contributed by atoms with Crippen LogP contribution in [0.1, 0.15) is 12.3 Å². The van der Waals surface area contributed by atoms with E-state index in [1.54, 1.807) is 30.5 Å². The summed E-state index contributed by atoms with van der Waals surface area (Å²) < 4.78 is 6.02. The largest absolute Gasteiger partial charge is 0.339 e. The van der Waals surface area contributed by atoms with Crippen LogP contribution in [0.25, 0.3) is 11.4 Å². The van der Waals surface area contributed by atoms with Crippen molar-refractivity contribution in [2.24, 2.45) is 0 Å². The van der Waals surface area contributed by atoms with E-state index in [0.717, 1.165) is 10.0 Å². The van der Waals surface area contributed by atoms with Gasteiger partial charge in [0.2, 0.25) is 17.6 Å². The number of amides is 1. The maximum absolute atomic E-state index is 11.9. The second kappa shape index (κ2) is 7.55. The summed E-state index contributed by atoms with van der Waals surface area (Å²) in [6.45, 7) is 0. The Morgan fingerprint density at radius 2 is 2.00 bits per heavy atom. The van der Waals surface area contributed by atoms with Crippen LogP contribution in [-0.4, -0.2) is 21.0 Å². The maximum Gasteiger partial charge on any atom is 0.227 e. The number of aryl methyl sites for hydroxylation is 1. The minimum absolute atomic E-state index is 0.170. The predicted octanol–water partition coefficient (Wildman–Crippen LogP) is 4.12. The Morgan fingerprint density at radius 3 is 2.71 bits per heavy atom. The van der Waals surface area contributed by atoms with Gasteiger partial charge in [0.1, 0.15) is 5.82 Å². The third-order valence-electron chi connectivity index (χ3n) is 3.13. The summed E-state index contributed by atoms with van der Waals surface area (Å²) in [6.07, 6.45) is 2.19. The fourth-order valence-electron chi connectivity index (χ4n) is 1.95. The zero-order valence-electron chi connectivity index (χ0n) is 12.4. The highest BCUT2D eigenvalue weighted by Gasteiger charge is 2.11. The molecule has 1 N–H and O–H groups in total. The van der Waals surface area contributed by atoms with Crippen LogP contribution in [0.2, 0.25) is 5.02 Å². The van der Waals surface area contributed by atoms with Crippen LogP contribution < -0.4 is 5.32 Å². The van der Waals surface area contributed by atoms with Gasteiger partial charge in [0.15, 0.2) is 0 Å². The molecule has 0 unspecified atom stereocenters. The molecule has 0 spiro atoms. The molecule has 3 aromatic rings. The minimum atomic E-state index is -0.170. The molecule has 122 valence electrons. The van der Waals surface area contributed by atoms with Gasteiger partial charge in [0.05, 0.1) is 0 Å². The molecule has 1 aromatic carbocycles. The first kappa shape index (κ1) is 16.6. The van der Waals surface area contributed by atoms with Crippen molar-refractivity contribution < 1.29 is 9.32 Å². The van der Waals surface area contributed by atoms with Crippen molar-refractivity contribution >= 4 is 39.3 Å². The highest BCUT2D eigenvalue weighted by atomic mass is 79.9. The molecule has 6 nitrogen and oxygen atoms in total. The molecule has 3 rings (SSSR count). The quantitative estimate of drug-likeness (QED) is 0.688. The number of rotatable bonds is 5. The van der Waals surface area contributed by atoms with Crippen molar-refractivity contribution in [1.29, 1.82) is 0 Å². The third-order valence-corrected chi connectivity index (χ3v) is 3.85. The SMILES string of the molecule is O=C(CCc1nc(-c2ccc(Cl)cc2)no1)Nc1ccc(Br)cn1. The van der Waals surface area contributed by atoms with E-state index in [2.05, 4.69) is 36.4 Å². The van der Waals surface area contributed by atoms with Crippen LogP contribution >= 0.6 is 27.5 Å². The normalized spacial score (nSPS) is 10.6. The first-order valence-corrected chi connectivity index (χ1v) is 8.27. The Balaban J connectivity index is 1.56. The number of benzene rings is 1. The van der Waals surface area contributed by atoms with Gasteiger partial charge in [-0.25, -0.2) is 4.98 Å². The minimum Gasteiger partial charge on any atom is -0.339 e. The Kier molecular flexibility index (Phi) is 5.22. The lowest BCUT2D eigenvalue weighted by Gasteiger charge is -2.02. The van der Waals surface area contributed by atoms with Gasteiger partial charge in [-0.1, -0.05) is 16.8 Å². The third kappa shape index (κ3) is 4.39. The summed E-state index contributed by atoms with van der Waals surface area (Å²) in [6, 6.07) is 10.6. The number of carbonyl (C=O) groups excluding carboxylic acids is 1. The monoisotopic (exact) mass is 406 g/mol. The standard InChI is InChI=1S/C16H12BrClN4O2/c17-11-3-6-13(19-9-11)20-14(23)7-8-15-21-16(22-24-15)10-1-4-12(18)5-2-10/h1-6,9H,7-8H2,(H,19,20,23). The highest BCUT2D eigenvalue weighted by molar-refractivity contribution is 9.10. The number of halogens is 2. The Morgan fingerprint density at radius 1 is 1.21 bits per heavy atom. The highest BCUT2D eigenvalue weighted by Crippen LogP contribution is 2.19. The van der Waals surface area contributed by atoms with Crippen molar-refractivity contribution in [2.75, 3.05) is 5.32 Å². The van der Waals surface area contributed by atoms with Gasteiger partial charge in [-0.15, -0.1) is 0 Å². The van der Waals surface area contributed by atoms with E-state index in [0.29, 0.717) is 29.0 Å². The summed E-state index contributed by atoms with van der Waals surface area (Å²) in [5.74, 6) is 1.20. The van der Waals surface area contributed by atoms with Gasteiger partial charge in [-0.2, -0.15) is 4.98 Å². The Hall–Kier alpha value is -2.25. The molecular weight excluding hydrogens is 396 g/mol. The van der Waals surface area contributed by atoms with Crippen molar-refractivity contribution in [1.82, 2.24) is 15.1 Å². The second-order valence-electron chi connectivity index (χ2n) is 4.93. The van der Waals surface area contributed by atoms with Crippen LogP contribution in [0.5, 0.6) is 0 Å². The van der Waals surface area contributed by atoms with Gasteiger partial charge >= 0.3 is 0 Å². The average molecular weight is 408 g/mol. The molecule has 0 atom stereocenters. The van der Waals surface area contributed by atoms with Crippen LogP contribution in [0.15, 0.2) is 51.6 Å². The van der Waals surface area contributed by atoms with Gasteiger partial charge in [0, 0.05) is 34.1 Å². The smallest absolute Gasteiger partial charge is 0.227 e. The lowest BCUT2D eigenvalue weighted by atomic mass is 10.2. The number of nitrogens with one attached hydrogen (secondary N) is 1. The van der Waals surface area contributed by atoms with Crippen LogP contribution in [0.4, 0.5) is 5.82 Å². The van der Waals surface area contributed by atoms with Gasteiger partial charge in [-0.3, -0.25) is 4.79 Å². The maximum atomic E-state index is 11.9. The number of nitrogens with zero attached hydrogens (tertiary/aromatic N) is 3. The zero-order chi connectivity index (χ0) is 16.9. The van der Waals surface area contributed by atoms with E-state index >= 15 is 0 Å². The molecule has 0 saturated carbocycles. The molecule has 8 heteroatoms. The van der Waals surface area contributed by atoms with E-state index in [4.69, 9.17) is 16.1 Å².